The molecule has 28 heavy (non-hydrogen) atoms. The van der Waals surface area contributed by atoms with Crippen molar-refractivity contribution in [3.63, 3.8) is 0 Å². The van der Waals surface area contributed by atoms with Crippen molar-refractivity contribution in [3.8, 4) is 5.69 Å². The minimum atomic E-state index is -4.16. The van der Waals surface area contributed by atoms with Gasteiger partial charge < -0.3 is 5.32 Å². The van der Waals surface area contributed by atoms with Crippen LogP contribution in [0, 0.1) is 11.7 Å². The van der Waals surface area contributed by atoms with Crippen molar-refractivity contribution in [3.05, 3.63) is 47.0 Å². The Morgan fingerprint density at radius 3 is 2.39 bits per heavy atom. The van der Waals surface area contributed by atoms with E-state index in [1.807, 2.05) is 0 Å². The Hall–Kier alpha value is -2.38. The first-order valence-electron chi connectivity index (χ1n) is 9.57. The molecule has 8 heteroatoms. The fourth-order valence-electron chi connectivity index (χ4n) is 4.23. The van der Waals surface area contributed by atoms with Gasteiger partial charge in [0, 0.05) is 17.3 Å². The number of fused-ring (bicyclic) bond motifs is 1. The fraction of sp³-hybridized carbons (Fsp3) is 0.500. The third-order valence-electron chi connectivity index (χ3n) is 5.74. The van der Waals surface area contributed by atoms with Crippen LogP contribution in [0.15, 0.2) is 24.3 Å². The molecule has 1 aromatic carbocycles. The van der Waals surface area contributed by atoms with Crippen molar-refractivity contribution in [2.45, 2.75) is 57.2 Å². The molecular weight excluding hydrogens is 374 g/mol. The quantitative estimate of drug-likeness (QED) is 0.786. The first kappa shape index (κ1) is 19.0. The number of rotatable bonds is 3. The van der Waals surface area contributed by atoms with E-state index < -0.39 is 12.1 Å². The van der Waals surface area contributed by atoms with Gasteiger partial charge in [0.1, 0.15) is 5.82 Å². The monoisotopic (exact) mass is 395 g/mol. The molecule has 4 rings (SSSR count). The summed E-state index contributed by atoms with van der Waals surface area (Å²) in [7, 11) is 0. The molecule has 1 aromatic heterocycles. The van der Waals surface area contributed by atoms with Crippen LogP contribution in [-0.4, -0.2) is 27.9 Å². The van der Waals surface area contributed by atoms with Crippen LogP contribution in [-0.2, 0) is 12.8 Å². The lowest BCUT2D eigenvalue weighted by Gasteiger charge is -2.30. The van der Waals surface area contributed by atoms with Gasteiger partial charge in [-0.25, -0.2) is 9.07 Å². The summed E-state index contributed by atoms with van der Waals surface area (Å²) >= 11 is 0. The molecule has 0 saturated heterocycles. The number of carbonyl (C=O) groups excluding carboxylic acids is 1. The van der Waals surface area contributed by atoms with Crippen LogP contribution in [0.4, 0.5) is 17.6 Å². The highest BCUT2D eigenvalue weighted by Crippen LogP contribution is 2.37. The van der Waals surface area contributed by atoms with E-state index in [1.165, 1.54) is 12.1 Å². The molecule has 0 atom stereocenters. The Morgan fingerprint density at radius 2 is 1.75 bits per heavy atom. The van der Waals surface area contributed by atoms with Gasteiger partial charge in [-0.1, -0.05) is 0 Å². The molecule has 4 nitrogen and oxygen atoms in total. The molecule has 0 radical (unpaired) electrons. The van der Waals surface area contributed by atoms with Gasteiger partial charge in [-0.3, -0.25) is 4.79 Å². The number of alkyl halides is 3. The second-order valence-electron chi connectivity index (χ2n) is 7.58. The van der Waals surface area contributed by atoms with E-state index in [-0.39, 0.29) is 30.6 Å². The number of carbonyl (C=O) groups is 1. The highest BCUT2D eigenvalue weighted by Gasteiger charge is 2.41. The standard InChI is InChI=1S/C20H21F4N3O/c21-13-6-10-15(11-7-13)27-17-3-1-2-16(17)18(26-27)19(28)25-14-8-4-12(5-9-14)20(22,23)24/h6-7,10-12,14H,1-5,8-9H2,(H,25,28). The van der Waals surface area contributed by atoms with Crippen LogP contribution >= 0.6 is 0 Å². The summed E-state index contributed by atoms with van der Waals surface area (Å²) in [6, 6.07) is 5.65. The minimum Gasteiger partial charge on any atom is -0.348 e. The van der Waals surface area contributed by atoms with E-state index in [0.717, 1.165) is 30.5 Å². The summed E-state index contributed by atoms with van der Waals surface area (Å²) in [5.41, 5.74) is 2.84. The molecule has 2 aromatic rings. The first-order valence-corrected chi connectivity index (χ1v) is 9.57. The number of benzene rings is 1. The van der Waals surface area contributed by atoms with Crippen LogP contribution in [0.3, 0.4) is 0 Å². The van der Waals surface area contributed by atoms with Crippen molar-refractivity contribution in [1.82, 2.24) is 15.1 Å². The van der Waals surface area contributed by atoms with Crippen molar-refractivity contribution >= 4 is 5.91 Å². The molecule has 1 amide bonds. The third-order valence-corrected chi connectivity index (χ3v) is 5.74. The molecule has 0 bridgehead atoms. The molecule has 0 unspecified atom stereocenters. The fourth-order valence-corrected chi connectivity index (χ4v) is 4.23. The molecule has 1 N–H and O–H groups in total. The van der Waals surface area contributed by atoms with Crippen molar-refractivity contribution < 1.29 is 22.4 Å². The Morgan fingerprint density at radius 1 is 1.07 bits per heavy atom. The Kier molecular flexibility index (Phi) is 4.89. The number of nitrogens with one attached hydrogen (secondary N) is 1. The van der Waals surface area contributed by atoms with Gasteiger partial charge in [-0.2, -0.15) is 18.3 Å². The van der Waals surface area contributed by atoms with E-state index in [2.05, 4.69) is 10.4 Å². The maximum atomic E-state index is 13.2. The molecule has 1 fully saturated rings. The number of amides is 1. The zero-order valence-corrected chi connectivity index (χ0v) is 15.2. The zero-order chi connectivity index (χ0) is 19.9. The van der Waals surface area contributed by atoms with Crippen LogP contribution in [0.2, 0.25) is 0 Å². The molecule has 150 valence electrons. The molecular formula is C20H21F4N3O. The van der Waals surface area contributed by atoms with Crippen molar-refractivity contribution in [2.75, 3.05) is 0 Å². The summed E-state index contributed by atoms with van der Waals surface area (Å²) < 4.78 is 53.3. The number of hydrogen-bond donors (Lipinski definition) is 1. The predicted octanol–water partition coefficient (Wildman–Crippen LogP) is 4.35. The highest BCUT2D eigenvalue weighted by atomic mass is 19.4. The Bertz CT molecular complexity index is 865. The average molecular weight is 395 g/mol. The summed E-state index contributed by atoms with van der Waals surface area (Å²) in [6.07, 6.45) is -1.03. The lowest BCUT2D eigenvalue weighted by Crippen LogP contribution is -2.40. The van der Waals surface area contributed by atoms with E-state index >= 15 is 0 Å². The highest BCUT2D eigenvalue weighted by molar-refractivity contribution is 5.94. The van der Waals surface area contributed by atoms with E-state index in [4.69, 9.17) is 0 Å². The molecule has 0 aliphatic heterocycles. The molecule has 2 aliphatic rings. The van der Waals surface area contributed by atoms with E-state index in [9.17, 15) is 22.4 Å². The normalized spacial score (nSPS) is 22.1. The lowest BCUT2D eigenvalue weighted by atomic mass is 9.85. The summed E-state index contributed by atoms with van der Waals surface area (Å²) in [4.78, 5) is 12.8. The van der Waals surface area contributed by atoms with Crippen LogP contribution in [0.1, 0.15) is 53.8 Å². The SMILES string of the molecule is O=C(NC1CCC(C(F)(F)F)CC1)c1nn(-c2ccc(F)cc2)c2c1CCC2. The lowest BCUT2D eigenvalue weighted by molar-refractivity contribution is -0.182. The number of aromatic nitrogens is 2. The van der Waals surface area contributed by atoms with Gasteiger partial charge in [0.25, 0.3) is 5.91 Å². The topological polar surface area (TPSA) is 46.9 Å². The molecule has 2 aliphatic carbocycles. The second-order valence-corrected chi connectivity index (χ2v) is 7.58. The maximum Gasteiger partial charge on any atom is 0.391 e. The molecule has 1 heterocycles. The van der Waals surface area contributed by atoms with Crippen LogP contribution in [0.25, 0.3) is 5.69 Å². The number of nitrogens with zero attached hydrogens (tertiary/aromatic N) is 2. The number of halogens is 4. The number of hydrogen-bond acceptors (Lipinski definition) is 2. The summed E-state index contributed by atoms with van der Waals surface area (Å²) in [5, 5.41) is 7.32. The third kappa shape index (κ3) is 3.64. The van der Waals surface area contributed by atoms with Crippen LogP contribution in [0.5, 0.6) is 0 Å². The van der Waals surface area contributed by atoms with Crippen LogP contribution < -0.4 is 5.32 Å². The van der Waals surface area contributed by atoms with Gasteiger partial charge in [-0.15, -0.1) is 0 Å². The van der Waals surface area contributed by atoms with E-state index in [1.54, 1.807) is 16.8 Å². The largest absolute Gasteiger partial charge is 0.391 e. The second kappa shape index (κ2) is 7.22. The predicted molar refractivity (Wildman–Crippen MR) is 94.8 cm³/mol. The summed E-state index contributed by atoms with van der Waals surface area (Å²) in [6.45, 7) is 0. The van der Waals surface area contributed by atoms with Crippen molar-refractivity contribution in [2.24, 2.45) is 5.92 Å². The molecule has 0 spiro atoms. The van der Waals surface area contributed by atoms with E-state index in [0.29, 0.717) is 24.2 Å². The van der Waals surface area contributed by atoms with Gasteiger partial charge >= 0.3 is 6.18 Å². The zero-order valence-electron chi connectivity index (χ0n) is 15.2. The smallest absolute Gasteiger partial charge is 0.348 e. The van der Waals surface area contributed by atoms with Crippen molar-refractivity contribution in [1.29, 1.82) is 0 Å². The molecule has 1 saturated carbocycles. The average Bonchev–Trinajstić information content (AvgIpc) is 3.25. The maximum absolute atomic E-state index is 13.2. The minimum absolute atomic E-state index is 0.0383. The summed E-state index contributed by atoms with van der Waals surface area (Å²) in [5.74, 6) is -1.96. The van der Waals surface area contributed by atoms with Gasteiger partial charge in [0.05, 0.1) is 11.6 Å². The van der Waals surface area contributed by atoms with Gasteiger partial charge in [-0.05, 0) is 69.2 Å². The first-order chi connectivity index (χ1) is 13.3. The van der Waals surface area contributed by atoms with Gasteiger partial charge in [0.2, 0.25) is 0 Å². The Labute approximate surface area is 159 Å². The van der Waals surface area contributed by atoms with Gasteiger partial charge in [0.15, 0.2) is 5.69 Å². The Balaban J connectivity index is 1.50.